The first-order valence-corrected chi connectivity index (χ1v) is 6.96. The van der Waals surface area contributed by atoms with Gasteiger partial charge in [-0.25, -0.2) is 9.59 Å². The van der Waals surface area contributed by atoms with Gasteiger partial charge in [-0.3, -0.25) is 13.9 Å². The minimum absolute atomic E-state index is 0.129. The Morgan fingerprint density at radius 3 is 2.32 bits per heavy atom. The first-order valence-electron chi connectivity index (χ1n) is 6.96. The van der Waals surface area contributed by atoms with Crippen molar-refractivity contribution in [3.63, 3.8) is 0 Å². The van der Waals surface area contributed by atoms with E-state index in [1.54, 1.807) is 12.1 Å². The van der Waals surface area contributed by atoms with Crippen LogP contribution in [0, 0.1) is 0 Å². The van der Waals surface area contributed by atoms with Crippen LogP contribution in [0.5, 0.6) is 0 Å². The average Bonchev–Trinajstić information content (AvgIpc) is 2.54. The zero-order chi connectivity index (χ0) is 16.3. The fraction of sp³-hybridized carbons (Fsp3) is 0.312. The summed E-state index contributed by atoms with van der Waals surface area (Å²) < 4.78 is 7.45. The molecule has 0 aliphatic rings. The van der Waals surface area contributed by atoms with Crippen molar-refractivity contribution in [3.05, 3.63) is 68.0 Å². The zero-order valence-electron chi connectivity index (χ0n) is 12.8. The van der Waals surface area contributed by atoms with Gasteiger partial charge in [0.05, 0.1) is 11.3 Å². The fourth-order valence-corrected chi connectivity index (χ4v) is 2.02. The molecular weight excluding hydrogens is 284 g/mol. The number of carbonyl (C=O) groups is 1. The van der Waals surface area contributed by atoms with Crippen LogP contribution in [0.25, 0.3) is 0 Å². The molecule has 0 saturated carbocycles. The van der Waals surface area contributed by atoms with E-state index >= 15 is 0 Å². The van der Waals surface area contributed by atoms with Crippen LogP contribution in [0.1, 0.15) is 28.5 Å². The number of carbonyl (C=O) groups excluding carboxylic acids is 1. The molecule has 1 heterocycles. The van der Waals surface area contributed by atoms with Crippen molar-refractivity contribution >= 4 is 5.97 Å². The van der Waals surface area contributed by atoms with Gasteiger partial charge >= 0.3 is 11.7 Å². The van der Waals surface area contributed by atoms with Crippen LogP contribution in [0.4, 0.5) is 0 Å². The van der Waals surface area contributed by atoms with Crippen LogP contribution in [0.15, 0.2) is 39.9 Å². The van der Waals surface area contributed by atoms with Gasteiger partial charge in [-0.05, 0) is 24.1 Å². The lowest BCUT2D eigenvalue weighted by atomic mass is 10.1. The van der Waals surface area contributed by atoms with E-state index in [0.717, 1.165) is 16.6 Å². The third-order valence-corrected chi connectivity index (χ3v) is 3.57. The summed E-state index contributed by atoms with van der Waals surface area (Å²) in [5.74, 6) is -0.490. The van der Waals surface area contributed by atoms with Gasteiger partial charge in [-0.1, -0.05) is 19.1 Å². The first kappa shape index (κ1) is 15.8. The fourth-order valence-electron chi connectivity index (χ4n) is 2.02. The van der Waals surface area contributed by atoms with Crippen LogP contribution < -0.4 is 11.2 Å². The van der Waals surface area contributed by atoms with E-state index in [9.17, 15) is 14.4 Å². The smallest absolute Gasteiger partial charge is 0.338 e. The normalized spacial score (nSPS) is 10.5. The van der Waals surface area contributed by atoms with Gasteiger partial charge in [0.15, 0.2) is 0 Å². The molecule has 0 bridgehead atoms. The maximum absolute atomic E-state index is 12.0. The Morgan fingerprint density at radius 1 is 1.09 bits per heavy atom. The number of hydrogen-bond acceptors (Lipinski definition) is 4. The van der Waals surface area contributed by atoms with Crippen molar-refractivity contribution in [1.29, 1.82) is 0 Å². The summed E-state index contributed by atoms with van der Waals surface area (Å²) in [5, 5.41) is 0. The Morgan fingerprint density at radius 2 is 1.73 bits per heavy atom. The number of ether oxygens (including phenoxy) is 1. The maximum atomic E-state index is 12.0. The predicted octanol–water partition coefficient (Wildman–Crippen LogP) is 1.00. The average molecular weight is 302 g/mol. The Labute approximate surface area is 127 Å². The van der Waals surface area contributed by atoms with Crippen molar-refractivity contribution in [2.24, 2.45) is 14.1 Å². The molecule has 0 radical (unpaired) electrons. The molecular formula is C16H18N2O4. The molecule has 116 valence electrons. The van der Waals surface area contributed by atoms with E-state index in [2.05, 4.69) is 0 Å². The molecule has 0 atom stereocenters. The first-order chi connectivity index (χ1) is 10.4. The van der Waals surface area contributed by atoms with E-state index in [4.69, 9.17) is 4.74 Å². The molecule has 1 aromatic carbocycles. The van der Waals surface area contributed by atoms with E-state index in [0.29, 0.717) is 11.3 Å². The molecule has 0 fully saturated rings. The molecule has 0 saturated heterocycles. The number of aryl methyl sites for hydroxylation is 1. The van der Waals surface area contributed by atoms with Gasteiger partial charge in [0.1, 0.15) is 6.61 Å². The summed E-state index contributed by atoms with van der Waals surface area (Å²) in [4.78, 5) is 35.4. The number of hydrogen-bond donors (Lipinski definition) is 0. The number of benzene rings is 1. The molecule has 2 aromatic rings. The van der Waals surface area contributed by atoms with Crippen LogP contribution in [-0.4, -0.2) is 15.1 Å². The number of esters is 1. The molecule has 2 rings (SSSR count). The number of nitrogens with zero attached hydrogens (tertiary/aromatic N) is 2. The molecule has 0 amide bonds. The van der Waals surface area contributed by atoms with Gasteiger partial charge in [-0.15, -0.1) is 0 Å². The van der Waals surface area contributed by atoms with Crippen LogP contribution in [0.2, 0.25) is 0 Å². The molecule has 1 aromatic heterocycles. The van der Waals surface area contributed by atoms with Gasteiger partial charge in [0.25, 0.3) is 5.56 Å². The standard InChI is InChI=1S/C16H18N2O4/c1-4-11-5-7-12(8-6-11)15(20)22-10-13-9-14(19)18(3)16(21)17(13)2/h5-9H,4,10H2,1-3H3. The topological polar surface area (TPSA) is 70.3 Å². The van der Waals surface area contributed by atoms with Crippen molar-refractivity contribution < 1.29 is 9.53 Å². The molecule has 0 unspecified atom stereocenters. The third-order valence-electron chi connectivity index (χ3n) is 3.57. The highest BCUT2D eigenvalue weighted by atomic mass is 16.5. The van der Waals surface area contributed by atoms with E-state index in [-0.39, 0.29) is 6.61 Å². The van der Waals surface area contributed by atoms with Gasteiger partial charge in [-0.2, -0.15) is 0 Å². The summed E-state index contributed by atoms with van der Waals surface area (Å²) >= 11 is 0. The van der Waals surface area contributed by atoms with Gasteiger partial charge in [0.2, 0.25) is 0 Å². The SMILES string of the molecule is CCc1ccc(C(=O)OCc2cc(=O)n(C)c(=O)n2C)cc1. The minimum atomic E-state index is -0.490. The lowest BCUT2D eigenvalue weighted by molar-refractivity contribution is 0.0462. The molecule has 22 heavy (non-hydrogen) atoms. The van der Waals surface area contributed by atoms with Crippen LogP contribution in [-0.2, 0) is 31.9 Å². The van der Waals surface area contributed by atoms with Crippen molar-refractivity contribution in [1.82, 2.24) is 9.13 Å². The second kappa shape index (κ2) is 6.43. The molecule has 6 heteroatoms. The van der Waals surface area contributed by atoms with Crippen molar-refractivity contribution in [2.75, 3.05) is 0 Å². The summed E-state index contributed by atoms with van der Waals surface area (Å²) in [6, 6.07) is 8.42. The second-order valence-electron chi connectivity index (χ2n) is 5.00. The molecule has 0 spiro atoms. The minimum Gasteiger partial charge on any atom is -0.456 e. The van der Waals surface area contributed by atoms with Gasteiger partial charge in [0, 0.05) is 20.2 Å². The molecule has 6 nitrogen and oxygen atoms in total. The molecule has 0 aliphatic heterocycles. The van der Waals surface area contributed by atoms with Gasteiger partial charge < -0.3 is 4.74 Å². The Hall–Kier alpha value is -2.63. The van der Waals surface area contributed by atoms with Crippen LogP contribution >= 0.6 is 0 Å². The summed E-state index contributed by atoms with van der Waals surface area (Å²) in [6.07, 6.45) is 0.894. The highest BCUT2D eigenvalue weighted by molar-refractivity contribution is 5.89. The highest BCUT2D eigenvalue weighted by Gasteiger charge is 2.10. The second-order valence-corrected chi connectivity index (χ2v) is 5.00. The lowest BCUT2D eigenvalue weighted by Gasteiger charge is -2.10. The molecule has 0 N–H and O–H groups in total. The lowest BCUT2D eigenvalue weighted by Crippen LogP contribution is -2.38. The monoisotopic (exact) mass is 302 g/mol. The Balaban J connectivity index is 2.14. The quantitative estimate of drug-likeness (QED) is 0.790. The maximum Gasteiger partial charge on any atom is 0.338 e. The van der Waals surface area contributed by atoms with Crippen molar-refractivity contribution in [3.8, 4) is 0 Å². The highest BCUT2D eigenvalue weighted by Crippen LogP contribution is 2.07. The predicted molar refractivity (Wildman–Crippen MR) is 81.9 cm³/mol. The zero-order valence-corrected chi connectivity index (χ0v) is 12.8. The van der Waals surface area contributed by atoms with Crippen molar-refractivity contribution in [2.45, 2.75) is 20.0 Å². The largest absolute Gasteiger partial charge is 0.456 e. The summed E-state index contributed by atoms with van der Waals surface area (Å²) in [5.41, 5.74) is 1.04. The Bertz CT molecular complexity index is 800. The van der Waals surface area contributed by atoms with E-state index in [1.807, 2.05) is 19.1 Å². The van der Waals surface area contributed by atoms with Crippen LogP contribution in [0.3, 0.4) is 0 Å². The number of aromatic nitrogens is 2. The molecule has 0 aliphatic carbocycles. The van der Waals surface area contributed by atoms with E-state index < -0.39 is 17.2 Å². The van der Waals surface area contributed by atoms with E-state index in [1.165, 1.54) is 24.7 Å². The summed E-state index contributed by atoms with van der Waals surface area (Å²) in [7, 11) is 2.93. The summed E-state index contributed by atoms with van der Waals surface area (Å²) in [6.45, 7) is 1.90. The Kier molecular flexibility index (Phi) is 4.60. The number of rotatable bonds is 4. The third kappa shape index (κ3) is 3.16.